The second-order valence-corrected chi connectivity index (χ2v) is 6.36. The fraction of sp³-hybridized carbons (Fsp3) is 0.211. The lowest BCUT2D eigenvalue weighted by Gasteiger charge is -2.08. The van der Waals surface area contributed by atoms with Gasteiger partial charge in [0.05, 0.1) is 5.56 Å². The van der Waals surface area contributed by atoms with Crippen molar-refractivity contribution in [2.75, 3.05) is 5.32 Å². The minimum atomic E-state index is -4.66. The Labute approximate surface area is 162 Å². The summed E-state index contributed by atoms with van der Waals surface area (Å²) in [6, 6.07) is 5.75. The summed E-state index contributed by atoms with van der Waals surface area (Å²) >= 11 is 0. The molecule has 1 aromatic carbocycles. The summed E-state index contributed by atoms with van der Waals surface area (Å²) in [7, 11) is 0. The summed E-state index contributed by atoms with van der Waals surface area (Å²) in [5.41, 5.74) is 3.34. The number of aliphatic imine (C=N–C) groups is 1. The molecule has 1 aliphatic carbocycles. The third-order valence-corrected chi connectivity index (χ3v) is 4.08. The van der Waals surface area contributed by atoms with E-state index in [4.69, 9.17) is 5.73 Å². The Hall–Kier alpha value is -3.30. The maximum absolute atomic E-state index is 13.6. The molecule has 10 heteroatoms. The summed E-state index contributed by atoms with van der Waals surface area (Å²) in [6.07, 6.45) is -1.40. The van der Waals surface area contributed by atoms with Crippen LogP contribution in [0.25, 0.3) is 0 Å². The predicted octanol–water partition coefficient (Wildman–Crippen LogP) is 4.50. The molecule has 1 aromatic heterocycles. The number of nitrogens with one attached hydrogen (secondary N) is 1. The van der Waals surface area contributed by atoms with Crippen LogP contribution in [0.5, 0.6) is 0 Å². The van der Waals surface area contributed by atoms with Crippen molar-refractivity contribution in [3.8, 4) is 0 Å². The highest BCUT2D eigenvalue weighted by atomic mass is 19.4. The quantitative estimate of drug-likeness (QED) is 0.563. The number of aromatic nitrogens is 1. The molecule has 1 saturated carbocycles. The third-order valence-electron chi connectivity index (χ3n) is 4.08. The van der Waals surface area contributed by atoms with Crippen molar-refractivity contribution in [2.24, 2.45) is 16.6 Å². The van der Waals surface area contributed by atoms with Crippen molar-refractivity contribution in [2.45, 2.75) is 19.0 Å². The first-order chi connectivity index (χ1) is 13.6. The second kappa shape index (κ2) is 7.98. The van der Waals surface area contributed by atoms with E-state index in [1.54, 1.807) is 0 Å². The molecule has 1 fully saturated rings. The predicted molar refractivity (Wildman–Crippen MR) is 96.7 cm³/mol. The lowest BCUT2D eigenvalue weighted by molar-refractivity contribution is -0.0925. The molecule has 0 atom stereocenters. The number of carbonyl (C=O) groups is 1. The molecule has 1 amide bonds. The molecule has 0 saturated heterocycles. The van der Waals surface area contributed by atoms with Gasteiger partial charge < -0.3 is 11.1 Å². The SMILES string of the molecule is NC(=CC(=Nc1ccc(C(=O)Nc2c(F)cccc2F)cn1)C1CC1)C(F)(F)F. The number of nitrogens with two attached hydrogens (primary N) is 1. The molecule has 0 bridgehead atoms. The van der Waals surface area contributed by atoms with Crippen LogP contribution in [0, 0.1) is 17.6 Å². The number of pyridine rings is 1. The minimum Gasteiger partial charge on any atom is -0.395 e. The lowest BCUT2D eigenvalue weighted by atomic mass is 10.2. The van der Waals surface area contributed by atoms with Gasteiger partial charge in [-0.1, -0.05) is 6.07 Å². The fourth-order valence-corrected chi connectivity index (χ4v) is 2.38. The lowest BCUT2D eigenvalue weighted by Crippen LogP contribution is -2.21. The van der Waals surface area contributed by atoms with Gasteiger partial charge in [0.1, 0.15) is 23.0 Å². The maximum atomic E-state index is 13.6. The normalized spacial score (nSPS) is 15.3. The van der Waals surface area contributed by atoms with E-state index in [1.165, 1.54) is 12.1 Å². The number of hydrogen-bond donors (Lipinski definition) is 2. The van der Waals surface area contributed by atoms with Gasteiger partial charge in [-0.05, 0) is 43.2 Å². The highest BCUT2D eigenvalue weighted by Crippen LogP contribution is 2.34. The Morgan fingerprint density at radius 2 is 1.83 bits per heavy atom. The van der Waals surface area contributed by atoms with Crippen molar-refractivity contribution in [1.82, 2.24) is 4.98 Å². The van der Waals surface area contributed by atoms with E-state index in [-0.39, 0.29) is 23.0 Å². The molecule has 0 radical (unpaired) electrons. The number of carbonyl (C=O) groups excluding carboxylic acids is 1. The van der Waals surface area contributed by atoms with Crippen LogP contribution >= 0.6 is 0 Å². The Morgan fingerprint density at radius 3 is 2.34 bits per heavy atom. The Morgan fingerprint density at radius 1 is 1.17 bits per heavy atom. The van der Waals surface area contributed by atoms with Crippen molar-refractivity contribution in [3.05, 3.63) is 65.5 Å². The van der Waals surface area contributed by atoms with Crippen molar-refractivity contribution >= 4 is 23.1 Å². The monoisotopic (exact) mass is 410 g/mol. The topological polar surface area (TPSA) is 80.4 Å². The number of amides is 1. The number of rotatable bonds is 5. The van der Waals surface area contributed by atoms with E-state index < -0.39 is 35.1 Å². The summed E-state index contributed by atoms with van der Waals surface area (Å²) in [4.78, 5) is 20.2. The van der Waals surface area contributed by atoms with Crippen LogP contribution in [-0.2, 0) is 0 Å². The summed E-state index contributed by atoms with van der Waals surface area (Å²) in [5.74, 6) is -2.73. The summed E-state index contributed by atoms with van der Waals surface area (Å²) in [6.45, 7) is 0. The van der Waals surface area contributed by atoms with Gasteiger partial charge in [0.25, 0.3) is 5.91 Å². The second-order valence-electron chi connectivity index (χ2n) is 6.36. The molecule has 1 aliphatic rings. The zero-order valence-corrected chi connectivity index (χ0v) is 14.8. The van der Waals surface area contributed by atoms with Crippen molar-refractivity contribution in [1.29, 1.82) is 0 Å². The maximum Gasteiger partial charge on any atom is 0.430 e. The summed E-state index contributed by atoms with van der Waals surface area (Å²) in [5, 5.41) is 2.11. The van der Waals surface area contributed by atoms with Gasteiger partial charge in [-0.3, -0.25) is 4.79 Å². The number of nitrogens with zero attached hydrogens (tertiary/aromatic N) is 2. The number of hydrogen-bond acceptors (Lipinski definition) is 4. The molecule has 0 spiro atoms. The largest absolute Gasteiger partial charge is 0.430 e. The van der Waals surface area contributed by atoms with Gasteiger partial charge in [0.2, 0.25) is 0 Å². The van der Waals surface area contributed by atoms with Crippen LogP contribution in [0.2, 0.25) is 0 Å². The van der Waals surface area contributed by atoms with Gasteiger partial charge in [0, 0.05) is 17.8 Å². The fourth-order valence-electron chi connectivity index (χ4n) is 2.38. The average molecular weight is 410 g/mol. The van der Waals surface area contributed by atoms with Crippen LogP contribution in [0.3, 0.4) is 0 Å². The molecule has 0 aliphatic heterocycles. The van der Waals surface area contributed by atoms with Gasteiger partial charge in [-0.2, -0.15) is 13.2 Å². The first-order valence-electron chi connectivity index (χ1n) is 8.49. The highest BCUT2D eigenvalue weighted by molar-refractivity contribution is 6.04. The molecule has 3 rings (SSSR count). The first-order valence-corrected chi connectivity index (χ1v) is 8.49. The van der Waals surface area contributed by atoms with Crippen LogP contribution in [-0.4, -0.2) is 22.8 Å². The van der Waals surface area contributed by atoms with Crippen LogP contribution < -0.4 is 11.1 Å². The molecule has 1 heterocycles. The Bertz CT molecular complexity index is 959. The Balaban J connectivity index is 1.78. The molecular formula is C19H15F5N4O. The molecular weight excluding hydrogens is 395 g/mol. The third kappa shape index (κ3) is 5.15. The zero-order chi connectivity index (χ0) is 21.2. The number of halogens is 5. The van der Waals surface area contributed by atoms with Crippen LogP contribution in [0.15, 0.2) is 53.3 Å². The number of alkyl halides is 3. The van der Waals surface area contributed by atoms with E-state index >= 15 is 0 Å². The highest BCUT2D eigenvalue weighted by Gasteiger charge is 2.34. The number of allylic oxidation sites excluding steroid dienone is 2. The van der Waals surface area contributed by atoms with E-state index in [1.807, 2.05) is 0 Å². The van der Waals surface area contributed by atoms with Gasteiger partial charge >= 0.3 is 6.18 Å². The van der Waals surface area contributed by atoms with Gasteiger partial charge in [-0.25, -0.2) is 18.8 Å². The molecule has 2 aromatic rings. The standard InChI is InChI=1S/C19H15F5N4O/c20-12-2-1-3-13(21)17(12)28-18(29)11-6-7-16(26-9-11)27-14(10-4-5-10)8-15(25)19(22,23)24/h1-3,6-10H,4-5,25H2,(H,28,29). The van der Waals surface area contributed by atoms with Crippen LogP contribution in [0.1, 0.15) is 23.2 Å². The first kappa shape index (κ1) is 20.4. The molecule has 0 unspecified atom stereocenters. The van der Waals surface area contributed by atoms with E-state index in [9.17, 15) is 26.7 Å². The van der Waals surface area contributed by atoms with E-state index in [0.717, 1.165) is 30.5 Å². The van der Waals surface area contributed by atoms with Crippen molar-refractivity contribution in [3.63, 3.8) is 0 Å². The zero-order valence-electron chi connectivity index (χ0n) is 14.8. The van der Waals surface area contributed by atoms with Crippen LogP contribution in [0.4, 0.5) is 33.5 Å². The molecule has 3 N–H and O–H groups in total. The number of anilines is 1. The molecule has 29 heavy (non-hydrogen) atoms. The van der Waals surface area contributed by atoms with E-state index in [2.05, 4.69) is 15.3 Å². The smallest absolute Gasteiger partial charge is 0.395 e. The number of benzene rings is 1. The summed E-state index contributed by atoms with van der Waals surface area (Å²) < 4.78 is 65.2. The average Bonchev–Trinajstić information content (AvgIpc) is 3.49. The van der Waals surface area contributed by atoms with Crippen molar-refractivity contribution < 1.29 is 26.7 Å². The van der Waals surface area contributed by atoms with Gasteiger partial charge in [-0.15, -0.1) is 0 Å². The van der Waals surface area contributed by atoms with Gasteiger partial charge in [0.15, 0.2) is 5.82 Å². The minimum absolute atomic E-state index is 0.00933. The molecule has 5 nitrogen and oxygen atoms in total. The number of para-hydroxylation sites is 1. The van der Waals surface area contributed by atoms with E-state index in [0.29, 0.717) is 12.8 Å². The Kier molecular flexibility index (Phi) is 5.62. The molecule has 152 valence electrons.